The van der Waals surface area contributed by atoms with Crippen molar-refractivity contribution in [2.75, 3.05) is 0 Å². The average Bonchev–Trinajstić information content (AvgIpc) is 2.45. The molecule has 0 atom stereocenters. The second-order valence-electron chi connectivity index (χ2n) is 4.23. The maximum Gasteiger partial charge on any atom is 0.0453 e. The van der Waals surface area contributed by atoms with E-state index in [1.54, 1.807) is 0 Å². The molecule has 0 N–H and O–H groups in total. The van der Waals surface area contributed by atoms with Gasteiger partial charge in [-0.05, 0) is 27.8 Å². The topological polar surface area (TPSA) is 48.8 Å². The zero-order valence-electron chi connectivity index (χ0n) is 10.2. The molecule has 1 aliphatic carbocycles. The quantitative estimate of drug-likeness (QED) is 0.384. The zero-order valence-corrected chi connectivity index (χ0v) is 10.2. The van der Waals surface area contributed by atoms with Crippen molar-refractivity contribution in [3.05, 3.63) is 82.3 Å². The predicted molar refractivity (Wildman–Crippen MR) is 78.0 cm³/mol. The van der Waals surface area contributed by atoms with Gasteiger partial charge in [0, 0.05) is 10.6 Å². The van der Waals surface area contributed by atoms with Crippen LogP contribution in [0.25, 0.3) is 33.3 Å². The van der Waals surface area contributed by atoms with Gasteiger partial charge in [0.15, 0.2) is 0 Å². The lowest BCUT2D eigenvalue weighted by molar-refractivity contribution is 1.45. The second-order valence-corrected chi connectivity index (χ2v) is 4.23. The molecule has 0 saturated carbocycles. The van der Waals surface area contributed by atoms with Crippen molar-refractivity contribution in [3.63, 3.8) is 0 Å². The van der Waals surface area contributed by atoms with Gasteiger partial charge in [-0.2, -0.15) is 0 Å². The van der Waals surface area contributed by atoms with Crippen LogP contribution in [-0.2, 0) is 0 Å². The van der Waals surface area contributed by atoms with E-state index in [2.05, 4.69) is 22.2 Å². The summed E-state index contributed by atoms with van der Waals surface area (Å²) in [7, 11) is 0. The Labute approximate surface area is 111 Å². The molecule has 2 aromatic carbocycles. The molecule has 0 radical (unpaired) electrons. The minimum absolute atomic E-state index is 0.642. The van der Waals surface area contributed by atoms with E-state index in [-0.39, 0.29) is 0 Å². The molecule has 0 heterocycles. The lowest BCUT2D eigenvalue weighted by Crippen LogP contribution is -1.91. The summed E-state index contributed by atoms with van der Waals surface area (Å²) in [5.41, 5.74) is 13.7. The lowest BCUT2D eigenvalue weighted by Gasteiger charge is -2.14. The molecule has 0 amide bonds. The number of nitrogens with zero attached hydrogens (tertiary/aromatic N) is 3. The van der Waals surface area contributed by atoms with E-state index in [0.717, 1.165) is 22.3 Å². The summed E-state index contributed by atoms with van der Waals surface area (Å²) in [4.78, 5) is 2.91. The maximum absolute atomic E-state index is 8.69. The van der Waals surface area contributed by atoms with E-state index < -0.39 is 0 Å². The number of hydrogen-bond donors (Lipinski definition) is 0. The Morgan fingerprint density at radius 1 is 0.842 bits per heavy atom. The Kier molecular flexibility index (Phi) is 2.89. The van der Waals surface area contributed by atoms with E-state index in [4.69, 9.17) is 5.53 Å². The first-order valence-corrected chi connectivity index (χ1v) is 6.02. The third kappa shape index (κ3) is 2.03. The maximum atomic E-state index is 8.69. The van der Waals surface area contributed by atoms with E-state index in [1.165, 1.54) is 0 Å². The number of benzene rings is 2. The molecule has 0 spiro atoms. The standard InChI is InChI=1S/C16H11N3/c17-19-18-16-11-5-7-12-6-1-2-8-13(12)14-9-3-4-10-15(14)16/h1-11H/b7-5-,11-5?,12-7?,14-13?,16-11?,16-15?. The molecule has 0 bridgehead atoms. The van der Waals surface area contributed by atoms with Crippen LogP contribution in [0, 0.1) is 0 Å². The van der Waals surface area contributed by atoms with Crippen LogP contribution < -0.4 is 0 Å². The fraction of sp³-hybridized carbons (Fsp3) is 0. The Hall–Kier alpha value is -2.77. The van der Waals surface area contributed by atoms with Crippen LogP contribution in [0.3, 0.4) is 0 Å². The van der Waals surface area contributed by atoms with Crippen molar-refractivity contribution in [2.24, 2.45) is 5.11 Å². The van der Waals surface area contributed by atoms with Crippen molar-refractivity contribution in [2.45, 2.75) is 0 Å². The van der Waals surface area contributed by atoms with Gasteiger partial charge in [-0.15, -0.1) is 0 Å². The number of hydrogen-bond acceptors (Lipinski definition) is 1. The first-order valence-electron chi connectivity index (χ1n) is 6.02. The SMILES string of the molecule is [N-]=[N+]=NC1=C/C=C\c2ccccc2-c2ccccc21. The van der Waals surface area contributed by atoms with Gasteiger partial charge in [-0.25, -0.2) is 0 Å². The predicted octanol–water partition coefficient (Wildman–Crippen LogP) is 5.03. The highest BCUT2D eigenvalue weighted by Gasteiger charge is 2.11. The molecule has 1 aliphatic rings. The molecule has 3 nitrogen and oxygen atoms in total. The second kappa shape index (κ2) is 4.84. The first kappa shape index (κ1) is 11.3. The average molecular weight is 245 g/mol. The Morgan fingerprint density at radius 3 is 2.32 bits per heavy atom. The molecule has 2 aromatic rings. The van der Waals surface area contributed by atoms with Gasteiger partial charge < -0.3 is 0 Å². The minimum atomic E-state index is 0.642. The lowest BCUT2D eigenvalue weighted by atomic mass is 9.92. The van der Waals surface area contributed by atoms with Gasteiger partial charge in [0.1, 0.15) is 0 Å². The molecule has 3 heteroatoms. The molecule has 90 valence electrons. The van der Waals surface area contributed by atoms with Crippen LogP contribution in [0.1, 0.15) is 11.1 Å². The van der Waals surface area contributed by atoms with Crippen LogP contribution in [0.2, 0.25) is 0 Å². The van der Waals surface area contributed by atoms with Crippen LogP contribution >= 0.6 is 0 Å². The number of rotatable bonds is 1. The molecule has 19 heavy (non-hydrogen) atoms. The fourth-order valence-corrected chi connectivity index (χ4v) is 2.30. The normalized spacial score (nSPS) is 14.0. The summed E-state index contributed by atoms with van der Waals surface area (Å²) in [6, 6.07) is 16.2. The van der Waals surface area contributed by atoms with E-state index in [1.807, 2.05) is 54.6 Å². The van der Waals surface area contributed by atoms with E-state index >= 15 is 0 Å². The molecule has 0 aromatic heterocycles. The zero-order chi connectivity index (χ0) is 13.1. The molecular formula is C16H11N3. The number of azide groups is 1. The van der Waals surface area contributed by atoms with Gasteiger partial charge in [-0.1, -0.05) is 71.9 Å². The van der Waals surface area contributed by atoms with E-state index in [0.29, 0.717) is 5.70 Å². The van der Waals surface area contributed by atoms with Gasteiger partial charge >= 0.3 is 0 Å². The number of allylic oxidation sites excluding steroid dienone is 2. The summed E-state index contributed by atoms with van der Waals surface area (Å²) in [6.45, 7) is 0. The molecular weight excluding hydrogens is 234 g/mol. The molecule has 0 saturated heterocycles. The van der Waals surface area contributed by atoms with Crippen LogP contribution in [0.15, 0.2) is 65.8 Å². The summed E-state index contributed by atoms with van der Waals surface area (Å²) < 4.78 is 0. The first-order chi connectivity index (χ1) is 9.40. The smallest absolute Gasteiger partial charge is 0.0453 e. The Morgan fingerprint density at radius 2 is 1.53 bits per heavy atom. The Bertz CT molecular complexity index is 735. The van der Waals surface area contributed by atoms with Crippen molar-refractivity contribution >= 4 is 11.8 Å². The summed E-state index contributed by atoms with van der Waals surface area (Å²) in [5, 5.41) is 3.79. The van der Waals surface area contributed by atoms with Crippen molar-refractivity contribution < 1.29 is 0 Å². The number of fused-ring (bicyclic) bond motifs is 3. The summed E-state index contributed by atoms with van der Waals surface area (Å²) in [6.07, 6.45) is 5.78. The van der Waals surface area contributed by atoms with E-state index in [9.17, 15) is 0 Å². The van der Waals surface area contributed by atoms with Crippen LogP contribution in [-0.4, -0.2) is 0 Å². The summed E-state index contributed by atoms with van der Waals surface area (Å²) >= 11 is 0. The third-order valence-corrected chi connectivity index (χ3v) is 3.14. The molecule has 0 aliphatic heterocycles. The molecule has 0 fully saturated rings. The van der Waals surface area contributed by atoms with Crippen LogP contribution in [0.4, 0.5) is 0 Å². The van der Waals surface area contributed by atoms with Gasteiger partial charge in [0.05, 0.1) is 0 Å². The van der Waals surface area contributed by atoms with Gasteiger partial charge in [0.25, 0.3) is 0 Å². The largest absolute Gasteiger partial charge is 0.0616 e. The highest BCUT2D eigenvalue weighted by molar-refractivity contribution is 5.87. The fourth-order valence-electron chi connectivity index (χ4n) is 2.30. The monoisotopic (exact) mass is 245 g/mol. The highest BCUT2D eigenvalue weighted by Crippen LogP contribution is 2.34. The summed E-state index contributed by atoms with van der Waals surface area (Å²) in [5.74, 6) is 0. The minimum Gasteiger partial charge on any atom is -0.0616 e. The highest BCUT2D eigenvalue weighted by atomic mass is 15.1. The molecule has 0 unspecified atom stereocenters. The Balaban J connectivity index is 2.34. The van der Waals surface area contributed by atoms with Crippen molar-refractivity contribution in [1.82, 2.24) is 0 Å². The van der Waals surface area contributed by atoms with Crippen LogP contribution in [0.5, 0.6) is 0 Å². The van der Waals surface area contributed by atoms with Gasteiger partial charge in [0.2, 0.25) is 0 Å². The van der Waals surface area contributed by atoms with Crippen molar-refractivity contribution in [3.8, 4) is 11.1 Å². The third-order valence-electron chi connectivity index (χ3n) is 3.14. The molecule has 3 rings (SSSR count). The van der Waals surface area contributed by atoms with Gasteiger partial charge in [-0.3, -0.25) is 0 Å². The van der Waals surface area contributed by atoms with Crippen molar-refractivity contribution in [1.29, 1.82) is 0 Å².